The smallest absolute Gasteiger partial charge is 0.347 e. The highest BCUT2D eigenvalue weighted by Gasteiger charge is 2.19. The maximum atomic E-state index is 11.1. The zero-order valence-corrected chi connectivity index (χ0v) is 12.8. The van der Waals surface area contributed by atoms with E-state index in [4.69, 9.17) is 14.7 Å². The van der Waals surface area contributed by atoms with Gasteiger partial charge in [0.2, 0.25) is 6.10 Å². The number of rotatable bonds is 5. The Kier molecular flexibility index (Phi) is 3.89. The van der Waals surface area contributed by atoms with Crippen LogP contribution in [0.15, 0.2) is 48.5 Å². The molecule has 0 aliphatic rings. The van der Waals surface area contributed by atoms with Gasteiger partial charge in [-0.2, -0.15) is 4.73 Å². The van der Waals surface area contributed by atoms with Gasteiger partial charge in [0.15, 0.2) is 5.82 Å². The minimum Gasteiger partial charge on any atom is -0.497 e. The van der Waals surface area contributed by atoms with Gasteiger partial charge >= 0.3 is 5.97 Å². The first-order valence-electron chi connectivity index (χ1n) is 7.12. The summed E-state index contributed by atoms with van der Waals surface area (Å²) in [6.07, 6.45) is -0.996. The van der Waals surface area contributed by atoms with Crippen molar-refractivity contribution in [3.63, 3.8) is 0 Å². The molecule has 0 unspecified atom stereocenters. The van der Waals surface area contributed by atoms with Crippen molar-refractivity contribution in [3.8, 4) is 17.1 Å². The van der Waals surface area contributed by atoms with Crippen molar-refractivity contribution < 1.29 is 19.5 Å². The van der Waals surface area contributed by atoms with E-state index in [0.29, 0.717) is 11.3 Å². The van der Waals surface area contributed by atoms with Crippen LogP contribution in [0.4, 0.5) is 0 Å². The van der Waals surface area contributed by atoms with Crippen LogP contribution in [0.1, 0.15) is 6.92 Å². The number of imidazole rings is 1. The molecule has 0 aliphatic heterocycles. The average molecular weight is 312 g/mol. The molecule has 6 nitrogen and oxygen atoms in total. The number of methoxy groups -OCH3 is 1. The second-order valence-electron chi connectivity index (χ2n) is 5.03. The third-order valence-corrected chi connectivity index (χ3v) is 3.48. The van der Waals surface area contributed by atoms with Crippen molar-refractivity contribution in [2.24, 2.45) is 0 Å². The number of carboxylic acid groups (broad SMARTS) is 1. The number of aliphatic carboxylic acids is 1. The summed E-state index contributed by atoms with van der Waals surface area (Å²) in [6, 6.07) is 14.8. The van der Waals surface area contributed by atoms with Gasteiger partial charge in [0.25, 0.3) is 0 Å². The lowest BCUT2D eigenvalue weighted by Crippen LogP contribution is -2.30. The van der Waals surface area contributed by atoms with Crippen molar-refractivity contribution in [2.45, 2.75) is 13.0 Å². The van der Waals surface area contributed by atoms with Crippen LogP contribution < -0.4 is 9.57 Å². The summed E-state index contributed by atoms with van der Waals surface area (Å²) < 4.78 is 6.62. The second-order valence-corrected chi connectivity index (χ2v) is 5.03. The molecular formula is C17H16N2O4. The zero-order valence-electron chi connectivity index (χ0n) is 12.8. The van der Waals surface area contributed by atoms with Gasteiger partial charge in [0, 0.05) is 5.56 Å². The first-order chi connectivity index (χ1) is 11.1. The molecule has 0 saturated carbocycles. The maximum Gasteiger partial charge on any atom is 0.347 e. The van der Waals surface area contributed by atoms with Gasteiger partial charge in [-0.15, -0.1) is 0 Å². The Bertz CT molecular complexity index is 839. The Hall–Kier alpha value is -3.02. The van der Waals surface area contributed by atoms with E-state index >= 15 is 0 Å². The molecule has 0 bridgehead atoms. The summed E-state index contributed by atoms with van der Waals surface area (Å²) in [4.78, 5) is 21.3. The molecule has 6 heteroatoms. The minimum atomic E-state index is -1.04. The number of para-hydroxylation sites is 2. The van der Waals surface area contributed by atoms with Crippen molar-refractivity contribution in [3.05, 3.63) is 48.5 Å². The Labute approximate surface area is 132 Å². The largest absolute Gasteiger partial charge is 0.497 e. The molecule has 1 aromatic heterocycles. The van der Waals surface area contributed by atoms with Gasteiger partial charge in [-0.3, -0.25) is 0 Å². The fourth-order valence-corrected chi connectivity index (χ4v) is 2.24. The molecule has 0 amide bonds. The van der Waals surface area contributed by atoms with Crippen molar-refractivity contribution in [1.29, 1.82) is 0 Å². The molecule has 0 spiro atoms. The molecule has 1 heterocycles. The number of hydrogen-bond donors (Lipinski definition) is 1. The Balaban J connectivity index is 2.12. The quantitative estimate of drug-likeness (QED) is 0.784. The average Bonchev–Trinajstić information content (AvgIpc) is 2.93. The van der Waals surface area contributed by atoms with Gasteiger partial charge < -0.3 is 14.7 Å². The normalized spacial score (nSPS) is 12.1. The molecule has 0 saturated heterocycles. The maximum absolute atomic E-state index is 11.1. The highest BCUT2D eigenvalue weighted by molar-refractivity contribution is 5.80. The van der Waals surface area contributed by atoms with E-state index in [1.165, 1.54) is 11.7 Å². The fraction of sp³-hybridized carbons (Fsp3) is 0.176. The van der Waals surface area contributed by atoms with E-state index in [1.807, 2.05) is 48.5 Å². The Morgan fingerprint density at radius 2 is 1.87 bits per heavy atom. The number of hydrogen-bond acceptors (Lipinski definition) is 4. The lowest BCUT2D eigenvalue weighted by molar-refractivity contribution is -0.148. The minimum absolute atomic E-state index is 0.543. The molecule has 3 aromatic rings. The number of benzene rings is 2. The monoisotopic (exact) mass is 312 g/mol. The molecule has 3 rings (SSSR count). The first-order valence-corrected chi connectivity index (χ1v) is 7.12. The van der Waals surface area contributed by atoms with Crippen LogP contribution in [-0.4, -0.2) is 34.0 Å². The second kappa shape index (κ2) is 6.00. The predicted molar refractivity (Wildman–Crippen MR) is 85.4 cm³/mol. The number of ether oxygens (including phenoxy) is 1. The third kappa shape index (κ3) is 2.83. The van der Waals surface area contributed by atoms with E-state index in [0.717, 1.165) is 16.8 Å². The van der Waals surface area contributed by atoms with E-state index in [1.54, 1.807) is 7.11 Å². The molecule has 0 fully saturated rings. The molecule has 2 aromatic carbocycles. The van der Waals surface area contributed by atoms with Gasteiger partial charge in [-0.25, -0.2) is 9.78 Å². The van der Waals surface area contributed by atoms with Crippen LogP contribution in [0, 0.1) is 0 Å². The Morgan fingerprint density at radius 1 is 1.17 bits per heavy atom. The summed E-state index contributed by atoms with van der Waals surface area (Å²) in [5, 5.41) is 9.11. The van der Waals surface area contributed by atoms with E-state index in [9.17, 15) is 4.79 Å². The molecular weight excluding hydrogens is 296 g/mol. The molecule has 118 valence electrons. The molecule has 0 aliphatic carbocycles. The van der Waals surface area contributed by atoms with Crippen LogP contribution >= 0.6 is 0 Å². The highest BCUT2D eigenvalue weighted by Crippen LogP contribution is 2.25. The molecule has 1 atom stereocenters. The van der Waals surface area contributed by atoms with Crippen LogP contribution in [0.5, 0.6) is 5.75 Å². The zero-order chi connectivity index (χ0) is 16.4. The van der Waals surface area contributed by atoms with Crippen LogP contribution in [0.2, 0.25) is 0 Å². The van der Waals surface area contributed by atoms with Crippen molar-refractivity contribution in [1.82, 2.24) is 9.71 Å². The summed E-state index contributed by atoms with van der Waals surface area (Å²) in [6.45, 7) is 1.48. The summed E-state index contributed by atoms with van der Waals surface area (Å²) in [5.41, 5.74) is 2.25. The van der Waals surface area contributed by atoms with Crippen LogP contribution in [0.25, 0.3) is 22.4 Å². The first kappa shape index (κ1) is 14.9. The van der Waals surface area contributed by atoms with Gasteiger partial charge in [-0.1, -0.05) is 12.1 Å². The number of fused-ring (bicyclic) bond motifs is 1. The van der Waals surface area contributed by atoms with E-state index in [2.05, 4.69) is 4.98 Å². The topological polar surface area (TPSA) is 73.6 Å². The SMILES string of the molecule is COc1ccc(-c2nc3ccccc3n2O[C@H](C)C(=O)O)cc1. The lowest BCUT2D eigenvalue weighted by atomic mass is 10.2. The van der Waals surface area contributed by atoms with Crippen LogP contribution in [0.3, 0.4) is 0 Å². The summed E-state index contributed by atoms with van der Waals surface area (Å²) in [7, 11) is 1.60. The van der Waals surface area contributed by atoms with Gasteiger partial charge in [-0.05, 0) is 43.3 Å². The van der Waals surface area contributed by atoms with Crippen molar-refractivity contribution >= 4 is 17.0 Å². The van der Waals surface area contributed by atoms with Crippen LogP contribution in [-0.2, 0) is 4.79 Å². The third-order valence-electron chi connectivity index (χ3n) is 3.48. The number of carboxylic acids is 1. The van der Waals surface area contributed by atoms with E-state index < -0.39 is 12.1 Å². The standard InChI is InChI=1S/C17H16N2O4/c1-11(17(20)21)23-19-15-6-4-3-5-14(15)18-16(19)12-7-9-13(22-2)10-8-12/h3-11H,1-2H3,(H,20,21)/t11-/m1/s1. The fourth-order valence-electron chi connectivity index (χ4n) is 2.24. The van der Waals surface area contributed by atoms with Gasteiger partial charge in [0.05, 0.1) is 12.6 Å². The number of nitrogens with zero attached hydrogens (tertiary/aromatic N) is 2. The molecule has 0 radical (unpaired) electrons. The number of carbonyl (C=O) groups is 1. The Morgan fingerprint density at radius 3 is 2.52 bits per heavy atom. The number of aromatic nitrogens is 2. The summed E-state index contributed by atoms with van der Waals surface area (Å²) in [5.74, 6) is 0.238. The predicted octanol–water partition coefficient (Wildman–Crippen LogP) is 2.61. The lowest BCUT2D eigenvalue weighted by Gasteiger charge is -2.14. The van der Waals surface area contributed by atoms with Gasteiger partial charge in [0.1, 0.15) is 11.3 Å². The van der Waals surface area contributed by atoms with E-state index in [-0.39, 0.29) is 0 Å². The highest BCUT2D eigenvalue weighted by atomic mass is 16.7. The van der Waals surface area contributed by atoms with Crippen molar-refractivity contribution in [2.75, 3.05) is 7.11 Å². The molecule has 1 N–H and O–H groups in total. The summed E-state index contributed by atoms with van der Waals surface area (Å²) >= 11 is 0. The molecule has 23 heavy (non-hydrogen) atoms.